The molecule has 1 aromatic carbocycles. The van der Waals surface area contributed by atoms with Crippen LogP contribution >= 0.6 is 11.3 Å². The Kier molecular flexibility index (Phi) is 6.19. The fourth-order valence-electron chi connectivity index (χ4n) is 1.83. The van der Waals surface area contributed by atoms with Crippen molar-refractivity contribution in [3.63, 3.8) is 0 Å². The second kappa shape index (κ2) is 8.34. The molecule has 0 saturated carbocycles. The van der Waals surface area contributed by atoms with Crippen molar-refractivity contribution >= 4 is 23.5 Å². The predicted octanol–water partition coefficient (Wildman–Crippen LogP) is 2.75. The van der Waals surface area contributed by atoms with Gasteiger partial charge in [-0.2, -0.15) is 13.9 Å². The number of carbonyl (C=O) groups excluding carboxylic acids is 1. The highest BCUT2D eigenvalue weighted by Crippen LogP contribution is 2.28. The van der Waals surface area contributed by atoms with Crippen molar-refractivity contribution in [2.75, 3.05) is 7.11 Å². The lowest BCUT2D eigenvalue weighted by atomic mass is 10.2. The lowest BCUT2D eigenvalue weighted by Crippen LogP contribution is -2.19. The first kappa shape index (κ1) is 17.8. The third kappa shape index (κ3) is 5.27. The van der Waals surface area contributed by atoms with E-state index in [4.69, 9.17) is 4.74 Å². The number of alkyl halides is 2. The van der Waals surface area contributed by atoms with Crippen LogP contribution in [0.2, 0.25) is 0 Å². The first-order chi connectivity index (χ1) is 11.5. The summed E-state index contributed by atoms with van der Waals surface area (Å²) < 4.78 is 34.0. The molecule has 1 heterocycles. The number of aryl methyl sites for hydroxylation is 1. The molecule has 0 fully saturated rings. The Balaban J connectivity index is 1.96. The van der Waals surface area contributed by atoms with Gasteiger partial charge in [-0.25, -0.2) is 10.4 Å². The Labute approximate surface area is 141 Å². The molecule has 1 amide bonds. The quantitative estimate of drug-likeness (QED) is 0.612. The normalized spacial score (nSPS) is 11.0. The van der Waals surface area contributed by atoms with Gasteiger partial charge in [-0.1, -0.05) is 0 Å². The molecule has 1 aromatic heterocycles. The molecule has 0 aliphatic heterocycles. The molecule has 128 valence electrons. The zero-order valence-electron chi connectivity index (χ0n) is 13.0. The number of rotatable bonds is 7. The van der Waals surface area contributed by atoms with Crippen molar-refractivity contribution in [1.29, 1.82) is 0 Å². The number of methoxy groups -OCH3 is 1. The first-order valence-electron chi connectivity index (χ1n) is 6.83. The van der Waals surface area contributed by atoms with E-state index in [-0.39, 0.29) is 23.8 Å². The van der Waals surface area contributed by atoms with Gasteiger partial charge in [0.15, 0.2) is 11.5 Å². The number of hydrogen-bond donors (Lipinski definition) is 1. The maximum Gasteiger partial charge on any atom is 0.387 e. The average molecular weight is 355 g/mol. The molecule has 24 heavy (non-hydrogen) atoms. The van der Waals surface area contributed by atoms with Gasteiger partial charge in [0, 0.05) is 5.38 Å². The van der Waals surface area contributed by atoms with E-state index in [2.05, 4.69) is 20.2 Å². The van der Waals surface area contributed by atoms with Crippen LogP contribution in [0.5, 0.6) is 11.5 Å². The highest BCUT2D eigenvalue weighted by Gasteiger charge is 2.11. The van der Waals surface area contributed by atoms with E-state index in [1.807, 2.05) is 6.92 Å². The summed E-state index contributed by atoms with van der Waals surface area (Å²) in [5.41, 5.74) is 3.49. The summed E-state index contributed by atoms with van der Waals surface area (Å²) in [5, 5.41) is 6.47. The minimum Gasteiger partial charge on any atom is -0.493 e. The van der Waals surface area contributed by atoms with Crippen molar-refractivity contribution in [1.82, 2.24) is 10.4 Å². The number of carbonyl (C=O) groups is 1. The number of benzene rings is 1. The van der Waals surface area contributed by atoms with Crippen LogP contribution in [-0.2, 0) is 11.2 Å². The van der Waals surface area contributed by atoms with Crippen LogP contribution in [0, 0.1) is 6.92 Å². The number of nitrogens with one attached hydrogen (secondary N) is 1. The molecule has 0 bridgehead atoms. The maximum atomic E-state index is 12.4. The fourth-order valence-corrected chi connectivity index (χ4v) is 2.45. The molecule has 2 rings (SSSR count). The van der Waals surface area contributed by atoms with Gasteiger partial charge >= 0.3 is 6.61 Å². The highest BCUT2D eigenvalue weighted by molar-refractivity contribution is 7.09. The van der Waals surface area contributed by atoms with E-state index < -0.39 is 6.61 Å². The molecule has 1 N–H and O–H groups in total. The highest BCUT2D eigenvalue weighted by atomic mass is 32.1. The number of aromatic nitrogens is 1. The number of nitrogens with zero attached hydrogens (tertiary/aromatic N) is 2. The first-order valence-corrected chi connectivity index (χ1v) is 7.71. The van der Waals surface area contributed by atoms with Crippen LogP contribution < -0.4 is 14.9 Å². The summed E-state index contributed by atoms with van der Waals surface area (Å²) in [4.78, 5) is 15.9. The Morgan fingerprint density at radius 3 is 2.88 bits per heavy atom. The van der Waals surface area contributed by atoms with E-state index in [0.717, 1.165) is 5.01 Å². The van der Waals surface area contributed by atoms with Crippen molar-refractivity contribution in [2.24, 2.45) is 5.10 Å². The molecular weight excluding hydrogens is 340 g/mol. The lowest BCUT2D eigenvalue weighted by Gasteiger charge is -2.10. The molecule has 0 aliphatic rings. The minimum absolute atomic E-state index is 0.110. The largest absolute Gasteiger partial charge is 0.493 e. The van der Waals surface area contributed by atoms with Gasteiger partial charge in [0.25, 0.3) is 0 Å². The van der Waals surface area contributed by atoms with E-state index in [1.165, 1.54) is 36.8 Å². The molecule has 0 unspecified atom stereocenters. The molecular formula is C15H15F2N3O3S. The molecule has 0 spiro atoms. The topological polar surface area (TPSA) is 72.8 Å². The summed E-state index contributed by atoms with van der Waals surface area (Å²) in [7, 11) is 1.35. The SMILES string of the molecule is COc1ccc(/C=N\NC(=O)Cc2csc(C)n2)cc1OC(F)F. The van der Waals surface area contributed by atoms with Crippen molar-refractivity contribution in [3.8, 4) is 11.5 Å². The summed E-state index contributed by atoms with van der Waals surface area (Å²) >= 11 is 1.46. The Morgan fingerprint density at radius 2 is 2.25 bits per heavy atom. The van der Waals surface area contributed by atoms with E-state index in [1.54, 1.807) is 11.4 Å². The zero-order chi connectivity index (χ0) is 17.5. The summed E-state index contributed by atoms with van der Waals surface area (Å²) in [5.74, 6) is -0.259. The maximum absolute atomic E-state index is 12.4. The predicted molar refractivity (Wildman–Crippen MR) is 85.9 cm³/mol. The number of amides is 1. The second-order valence-corrected chi connectivity index (χ2v) is 5.68. The summed E-state index contributed by atoms with van der Waals surface area (Å²) in [6.07, 6.45) is 1.44. The van der Waals surface area contributed by atoms with Crippen LogP contribution in [0.3, 0.4) is 0 Å². The number of halogens is 2. The van der Waals surface area contributed by atoms with E-state index in [0.29, 0.717) is 11.3 Å². The second-order valence-electron chi connectivity index (χ2n) is 4.62. The van der Waals surface area contributed by atoms with E-state index in [9.17, 15) is 13.6 Å². The lowest BCUT2D eigenvalue weighted by molar-refractivity contribution is -0.120. The molecule has 0 atom stereocenters. The van der Waals surface area contributed by atoms with E-state index >= 15 is 0 Å². The monoisotopic (exact) mass is 355 g/mol. The Morgan fingerprint density at radius 1 is 1.46 bits per heavy atom. The molecule has 6 nitrogen and oxygen atoms in total. The zero-order valence-corrected chi connectivity index (χ0v) is 13.8. The Hall–Kier alpha value is -2.55. The number of hydrogen-bond acceptors (Lipinski definition) is 6. The van der Waals surface area contributed by atoms with Gasteiger partial charge in [-0.3, -0.25) is 4.79 Å². The molecule has 0 saturated heterocycles. The Bertz CT molecular complexity index is 735. The fraction of sp³-hybridized carbons (Fsp3) is 0.267. The molecule has 0 radical (unpaired) electrons. The van der Waals surface area contributed by atoms with Crippen LogP contribution in [-0.4, -0.2) is 30.8 Å². The van der Waals surface area contributed by atoms with Gasteiger partial charge < -0.3 is 9.47 Å². The molecule has 2 aromatic rings. The van der Waals surface area contributed by atoms with Crippen molar-refractivity contribution in [3.05, 3.63) is 39.8 Å². The van der Waals surface area contributed by atoms with Gasteiger partial charge in [-0.15, -0.1) is 11.3 Å². The van der Waals surface area contributed by atoms with Gasteiger partial charge in [-0.05, 0) is 30.7 Å². The van der Waals surface area contributed by atoms with Crippen molar-refractivity contribution in [2.45, 2.75) is 20.0 Å². The van der Waals surface area contributed by atoms with Crippen LogP contribution in [0.4, 0.5) is 8.78 Å². The number of thiazole rings is 1. The van der Waals surface area contributed by atoms with Crippen LogP contribution in [0.15, 0.2) is 28.7 Å². The number of ether oxygens (including phenoxy) is 2. The molecule has 9 heteroatoms. The number of hydrazone groups is 1. The third-order valence-corrected chi connectivity index (χ3v) is 3.64. The van der Waals surface area contributed by atoms with Gasteiger partial charge in [0.2, 0.25) is 5.91 Å². The van der Waals surface area contributed by atoms with Crippen molar-refractivity contribution < 1.29 is 23.0 Å². The average Bonchev–Trinajstić information content (AvgIpc) is 2.92. The smallest absolute Gasteiger partial charge is 0.387 e. The van der Waals surface area contributed by atoms with Crippen LogP contribution in [0.1, 0.15) is 16.3 Å². The summed E-state index contributed by atoms with van der Waals surface area (Å²) in [6, 6.07) is 4.40. The third-order valence-electron chi connectivity index (χ3n) is 2.81. The van der Waals surface area contributed by atoms with Gasteiger partial charge in [0.05, 0.1) is 30.4 Å². The van der Waals surface area contributed by atoms with Gasteiger partial charge in [0.1, 0.15) is 0 Å². The standard InChI is InChI=1S/C15H15F2N3O3S/c1-9-19-11(8-24-9)6-14(21)20-18-7-10-3-4-12(22-2)13(5-10)23-15(16)17/h3-5,7-8,15H,6H2,1-2H3,(H,20,21)/b18-7-. The summed E-state index contributed by atoms with van der Waals surface area (Å²) in [6.45, 7) is -1.11. The molecule has 0 aliphatic carbocycles. The minimum atomic E-state index is -2.97. The van der Waals surface area contributed by atoms with Crippen LogP contribution in [0.25, 0.3) is 0 Å².